The van der Waals surface area contributed by atoms with E-state index >= 15 is 0 Å². The molecule has 0 N–H and O–H groups in total. The van der Waals surface area contributed by atoms with Crippen LogP contribution in [0.4, 0.5) is 0 Å². The number of rotatable bonds is 5. The van der Waals surface area contributed by atoms with E-state index in [0.717, 1.165) is 17.7 Å². The summed E-state index contributed by atoms with van der Waals surface area (Å²) in [7, 11) is 1.62. The molecular formula is C13H17NO2. The molecule has 0 bridgehead atoms. The third-order valence-electron chi connectivity index (χ3n) is 2.39. The average Bonchev–Trinajstić information content (AvgIpc) is 2.30. The Morgan fingerprint density at radius 3 is 2.69 bits per heavy atom. The van der Waals surface area contributed by atoms with Crippen molar-refractivity contribution in [3.63, 3.8) is 0 Å². The van der Waals surface area contributed by atoms with Gasteiger partial charge in [0.15, 0.2) is 11.5 Å². The maximum Gasteiger partial charge on any atom is 0.161 e. The molecule has 1 rings (SSSR count). The van der Waals surface area contributed by atoms with Gasteiger partial charge in [-0.3, -0.25) is 0 Å². The van der Waals surface area contributed by atoms with Crippen LogP contribution >= 0.6 is 0 Å². The van der Waals surface area contributed by atoms with Crippen molar-refractivity contribution in [3.05, 3.63) is 23.8 Å². The van der Waals surface area contributed by atoms with Crippen LogP contribution in [0, 0.1) is 18.3 Å². The van der Waals surface area contributed by atoms with Crippen molar-refractivity contribution in [1.82, 2.24) is 0 Å². The molecule has 1 atom stereocenters. The highest BCUT2D eigenvalue weighted by molar-refractivity contribution is 5.42. The molecule has 0 aliphatic rings. The maximum atomic E-state index is 8.66. The minimum absolute atomic E-state index is 0.0680. The highest BCUT2D eigenvalue weighted by atomic mass is 16.5. The first-order valence-electron chi connectivity index (χ1n) is 5.39. The number of hydrogen-bond acceptors (Lipinski definition) is 3. The van der Waals surface area contributed by atoms with Gasteiger partial charge in [-0.25, -0.2) is 0 Å². The predicted molar refractivity (Wildman–Crippen MR) is 62.7 cm³/mol. The van der Waals surface area contributed by atoms with Gasteiger partial charge < -0.3 is 9.47 Å². The van der Waals surface area contributed by atoms with Gasteiger partial charge in [0.1, 0.15) is 6.10 Å². The molecule has 3 heteroatoms. The summed E-state index contributed by atoms with van der Waals surface area (Å²) >= 11 is 0. The quantitative estimate of drug-likeness (QED) is 0.764. The van der Waals surface area contributed by atoms with Crippen LogP contribution in [0.15, 0.2) is 18.2 Å². The van der Waals surface area contributed by atoms with Crippen LogP contribution in [0.2, 0.25) is 0 Å². The Kier molecular flexibility index (Phi) is 4.65. The normalized spacial score (nSPS) is 11.6. The van der Waals surface area contributed by atoms with E-state index in [4.69, 9.17) is 14.7 Å². The van der Waals surface area contributed by atoms with Crippen molar-refractivity contribution in [1.29, 1.82) is 5.26 Å². The van der Waals surface area contributed by atoms with E-state index in [1.807, 2.05) is 32.0 Å². The SMILES string of the molecule is CCC(CC#N)Oc1ccc(C)cc1OC. The molecule has 0 heterocycles. The maximum absolute atomic E-state index is 8.66. The van der Waals surface area contributed by atoms with Gasteiger partial charge in [-0.1, -0.05) is 13.0 Å². The van der Waals surface area contributed by atoms with Gasteiger partial charge in [-0.15, -0.1) is 0 Å². The van der Waals surface area contributed by atoms with Gasteiger partial charge >= 0.3 is 0 Å². The molecular weight excluding hydrogens is 202 g/mol. The third kappa shape index (κ3) is 3.16. The van der Waals surface area contributed by atoms with E-state index in [0.29, 0.717) is 12.2 Å². The fraction of sp³-hybridized carbons (Fsp3) is 0.462. The van der Waals surface area contributed by atoms with Gasteiger partial charge in [-0.05, 0) is 31.0 Å². The highest BCUT2D eigenvalue weighted by Crippen LogP contribution is 2.29. The Morgan fingerprint density at radius 1 is 1.38 bits per heavy atom. The van der Waals surface area contributed by atoms with Crippen molar-refractivity contribution in [3.8, 4) is 17.6 Å². The summed E-state index contributed by atoms with van der Waals surface area (Å²) in [5.41, 5.74) is 1.12. The van der Waals surface area contributed by atoms with Crippen molar-refractivity contribution in [2.75, 3.05) is 7.11 Å². The summed E-state index contributed by atoms with van der Waals surface area (Å²) in [6.45, 7) is 4.00. The summed E-state index contributed by atoms with van der Waals surface area (Å²) in [5, 5.41) is 8.66. The van der Waals surface area contributed by atoms with E-state index in [9.17, 15) is 0 Å². The zero-order chi connectivity index (χ0) is 12.0. The number of hydrogen-bond donors (Lipinski definition) is 0. The number of methoxy groups -OCH3 is 1. The summed E-state index contributed by atoms with van der Waals surface area (Å²) in [4.78, 5) is 0. The van der Waals surface area contributed by atoms with Crippen LogP contribution in [-0.4, -0.2) is 13.2 Å². The summed E-state index contributed by atoms with van der Waals surface area (Å²) in [5.74, 6) is 1.42. The molecule has 0 aromatic heterocycles. The van der Waals surface area contributed by atoms with E-state index in [2.05, 4.69) is 6.07 Å². The predicted octanol–water partition coefficient (Wildman–Crippen LogP) is 3.07. The first-order chi connectivity index (χ1) is 7.71. The Labute approximate surface area is 96.6 Å². The zero-order valence-corrected chi connectivity index (χ0v) is 9.99. The third-order valence-corrected chi connectivity index (χ3v) is 2.39. The molecule has 3 nitrogen and oxygen atoms in total. The lowest BCUT2D eigenvalue weighted by Crippen LogP contribution is -2.14. The van der Waals surface area contributed by atoms with Crippen LogP contribution in [0.5, 0.6) is 11.5 Å². The zero-order valence-electron chi connectivity index (χ0n) is 9.99. The van der Waals surface area contributed by atoms with Gasteiger partial charge in [0.05, 0.1) is 19.6 Å². The molecule has 0 radical (unpaired) electrons. The Hall–Kier alpha value is -1.69. The van der Waals surface area contributed by atoms with Crippen molar-refractivity contribution in [2.24, 2.45) is 0 Å². The van der Waals surface area contributed by atoms with Crippen molar-refractivity contribution < 1.29 is 9.47 Å². The minimum Gasteiger partial charge on any atom is -0.493 e. The Morgan fingerprint density at radius 2 is 2.12 bits per heavy atom. The van der Waals surface area contributed by atoms with Crippen LogP contribution in [-0.2, 0) is 0 Å². The lowest BCUT2D eigenvalue weighted by molar-refractivity contribution is 0.193. The number of aryl methyl sites for hydroxylation is 1. The number of ether oxygens (including phenoxy) is 2. The lowest BCUT2D eigenvalue weighted by atomic mass is 10.2. The molecule has 0 amide bonds. The first-order valence-corrected chi connectivity index (χ1v) is 5.39. The molecule has 1 aromatic carbocycles. The molecule has 1 aromatic rings. The topological polar surface area (TPSA) is 42.2 Å². The largest absolute Gasteiger partial charge is 0.493 e. The summed E-state index contributed by atoms with van der Waals surface area (Å²) in [6, 6.07) is 7.90. The molecule has 86 valence electrons. The second-order valence-corrected chi connectivity index (χ2v) is 3.66. The smallest absolute Gasteiger partial charge is 0.161 e. The Bertz CT molecular complexity index is 382. The van der Waals surface area contributed by atoms with E-state index < -0.39 is 0 Å². The van der Waals surface area contributed by atoms with Gasteiger partial charge in [0.25, 0.3) is 0 Å². The monoisotopic (exact) mass is 219 g/mol. The van der Waals surface area contributed by atoms with Gasteiger partial charge in [0, 0.05) is 0 Å². The standard InChI is InChI=1S/C13H17NO2/c1-4-11(7-8-14)16-12-6-5-10(2)9-13(12)15-3/h5-6,9,11H,4,7H2,1-3H3. The van der Waals surface area contributed by atoms with Crippen LogP contribution in [0.1, 0.15) is 25.3 Å². The highest BCUT2D eigenvalue weighted by Gasteiger charge is 2.11. The van der Waals surface area contributed by atoms with Crippen molar-refractivity contribution >= 4 is 0 Å². The van der Waals surface area contributed by atoms with E-state index in [-0.39, 0.29) is 6.10 Å². The van der Waals surface area contributed by atoms with Crippen LogP contribution < -0.4 is 9.47 Å². The first kappa shape index (κ1) is 12.4. The molecule has 1 unspecified atom stereocenters. The lowest BCUT2D eigenvalue weighted by Gasteiger charge is -2.17. The molecule has 16 heavy (non-hydrogen) atoms. The number of nitriles is 1. The Balaban J connectivity index is 2.83. The number of nitrogens with zero attached hydrogens (tertiary/aromatic N) is 1. The molecule has 0 spiro atoms. The van der Waals surface area contributed by atoms with Gasteiger partial charge in [0.2, 0.25) is 0 Å². The van der Waals surface area contributed by atoms with Crippen LogP contribution in [0.3, 0.4) is 0 Å². The van der Waals surface area contributed by atoms with E-state index in [1.165, 1.54) is 0 Å². The second kappa shape index (κ2) is 6.02. The molecule has 0 saturated heterocycles. The minimum atomic E-state index is -0.0680. The van der Waals surface area contributed by atoms with Crippen molar-refractivity contribution in [2.45, 2.75) is 32.8 Å². The molecule has 0 saturated carbocycles. The summed E-state index contributed by atoms with van der Waals surface area (Å²) in [6.07, 6.45) is 1.14. The number of benzene rings is 1. The van der Waals surface area contributed by atoms with Gasteiger partial charge in [-0.2, -0.15) is 5.26 Å². The second-order valence-electron chi connectivity index (χ2n) is 3.66. The average molecular weight is 219 g/mol. The molecule has 0 fully saturated rings. The molecule has 0 aliphatic heterocycles. The van der Waals surface area contributed by atoms with Crippen LogP contribution in [0.25, 0.3) is 0 Å². The summed E-state index contributed by atoms with van der Waals surface area (Å²) < 4.78 is 11.0. The molecule has 0 aliphatic carbocycles. The fourth-order valence-corrected chi connectivity index (χ4v) is 1.42. The van der Waals surface area contributed by atoms with E-state index in [1.54, 1.807) is 7.11 Å². The fourth-order valence-electron chi connectivity index (χ4n) is 1.42.